The van der Waals surface area contributed by atoms with Crippen molar-refractivity contribution in [2.45, 2.75) is 18.9 Å². The Bertz CT molecular complexity index is 730. The van der Waals surface area contributed by atoms with Crippen LogP contribution in [0.15, 0.2) is 36.4 Å². The molecule has 2 fully saturated rings. The van der Waals surface area contributed by atoms with Crippen LogP contribution < -0.4 is 10.1 Å². The van der Waals surface area contributed by atoms with Crippen LogP contribution in [0.1, 0.15) is 22.5 Å². The molecule has 0 radical (unpaired) electrons. The molecule has 0 spiro atoms. The lowest BCUT2D eigenvalue weighted by Gasteiger charge is -2.30. The summed E-state index contributed by atoms with van der Waals surface area (Å²) < 4.78 is 5.28. The highest BCUT2D eigenvalue weighted by atomic mass is 32.1. The first kappa shape index (κ1) is 15.7. The van der Waals surface area contributed by atoms with E-state index in [4.69, 9.17) is 4.74 Å². The van der Waals surface area contributed by atoms with Crippen molar-refractivity contribution >= 4 is 17.2 Å². The molecule has 2 bridgehead atoms. The van der Waals surface area contributed by atoms with Crippen LogP contribution >= 0.6 is 11.3 Å². The van der Waals surface area contributed by atoms with Gasteiger partial charge in [-0.05, 0) is 55.1 Å². The second-order valence-electron chi connectivity index (χ2n) is 6.72. The molecule has 2 saturated heterocycles. The number of benzene rings is 1. The molecule has 2 aliphatic rings. The van der Waals surface area contributed by atoms with Crippen molar-refractivity contribution in [2.75, 3.05) is 26.7 Å². The SMILES string of the molecule is COc1cccc(-c2ccc(C(=O)N[C@@H]3C[C@@H]4CCN(C4)C3)s2)c1. The van der Waals surface area contributed by atoms with Crippen LogP contribution in [0.3, 0.4) is 0 Å². The van der Waals surface area contributed by atoms with E-state index in [0.717, 1.165) is 40.0 Å². The summed E-state index contributed by atoms with van der Waals surface area (Å²) in [4.78, 5) is 16.9. The number of amides is 1. The normalized spacial score (nSPS) is 25.5. The second kappa shape index (κ2) is 6.57. The molecule has 1 aromatic heterocycles. The van der Waals surface area contributed by atoms with Crippen LogP contribution in [0.5, 0.6) is 5.75 Å². The zero-order valence-electron chi connectivity index (χ0n) is 13.8. The van der Waals surface area contributed by atoms with E-state index in [9.17, 15) is 4.79 Å². The zero-order chi connectivity index (χ0) is 16.5. The minimum atomic E-state index is 0.0571. The number of fused-ring (bicyclic) bond motifs is 2. The summed E-state index contributed by atoms with van der Waals surface area (Å²) in [5, 5.41) is 3.23. The number of hydrogen-bond donors (Lipinski definition) is 1. The molecule has 1 N–H and O–H groups in total. The lowest BCUT2D eigenvalue weighted by atomic mass is 9.97. The third-order valence-electron chi connectivity index (χ3n) is 4.99. The van der Waals surface area contributed by atoms with E-state index < -0.39 is 0 Å². The molecule has 1 unspecified atom stereocenters. The Morgan fingerprint density at radius 2 is 2.21 bits per heavy atom. The van der Waals surface area contributed by atoms with Crippen molar-refractivity contribution < 1.29 is 9.53 Å². The Kier molecular flexibility index (Phi) is 4.29. The van der Waals surface area contributed by atoms with Crippen LogP contribution in [0.25, 0.3) is 10.4 Å². The number of nitrogens with one attached hydrogen (secondary N) is 1. The molecule has 1 amide bonds. The predicted octanol–water partition coefficient (Wildman–Crippen LogP) is 3.25. The topological polar surface area (TPSA) is 41.6 Å². The lowest BCUT2D eigenvalue weighted by Crippen LogP contribution is -2.46. The van der Waals surface area contributed by atoms with E-state index in [-0.39, 0.29) is 5.91 Å². The van der Waals surface area contributed by atoms with Gasteiger partial charge in [0.05, 0.1) is 12.0 Å². The van der Waals surface area contributed by atoms with Gasteiger partial charge in [-0.2, -0.15) is 0 Å². The Morgan fingerprint density at radius 3 is 3.04 bits per heavy atom. The second-order valence-corrected chi connectivity index (χ2v) is 7.80. The van der Waals surface area contributed by atoms with Crippen molar-refractivity contribution in [1.82, 2.24) is 10.2 Å². The highest BCUT2D eigenvalue weighted by Crippen LogP contribution is 2.31. The van der Waals surface area contributed by atoms with Crippen LogP contribution in [0.4, 0.5) is 0 Å². The molecule has 2 aromatic rings. The van der Waals surface area contributed by atoms with Gasteiger partial charge in [0.2, 0.25) is 0 Å². The first-order chi connectivity index (χ1) is 11.7. The minimum absolute atomic E-state index is 0.0571. The van der Waals surface area contributed by atoms with Gasteiger partial charge in [0.15, 0.2) is 0 Å². The third-order valence-corrected chi connectivity index (χ3v) is 6.12. The molecule has 3 atom stereocenters. The highest BCUT2D eigenvalue weighted by Gasteiger charge is 2.33. The van der Waals surface area contributed by atoms with E-state index >= 15 is 0 Å². The quantitative estimate of drug-likeness (QED) is 0.927. The van der Waals surface area contributed by atoms with Gasteiger partial charge in [-0.25, -0.2) is 0 Å². The molecule has 24 heavy (non-hydrogen) atoms. The number of ether oxygens (including phenoxy) is 1. The van der Waals surface area contributed by atoms with E-state index in [1.807, 2.05) is 36.4 Å². The summed E-state index contributed by atoms with van der Waals surface area (Å²) in [6, 6.07) is 12.2. The number of methoxy groups -OCH3 is 1. The van der Waals surface area contributed by atoms with Gasteiger partial charge in [0.1, 0.15) is 5.75 Å². The van der Waals surface area contributed by atoms with Gasteiger partial charge in [0.25, 0.3) is 5.91 Å². The number of nitrogens with zero attached hydrogens (tertiary/aromatic N) is 1. The predicted molar refractivity (Wildman–Crippen MR) is 96.7 cm³/mol. The van der Waals surface area contributed by atoms with Gasteiger partial charge in [-0.15, -0.1) is 11.3 Å². The zero-order valence-corrected chi connectivity index (χ0v) is 14.6. The Morgan fingerprint density at radius 1 is 1.29 bits per heavy atom. The van der Waals surface area contributed by atoms with Crippen molar-refractivity contribution in [3.8, 4) is 16.2 Å². The summed E-state index contributed by atoms with van der Waals surface area (Å²) in [5.41, 5.74) is 1.08. The maximum atomic E-state index is 12.6. The molecule has 2 aliphatic heterocycles. The molecule has 5 heteroatoms. The monoisotopic (exact) mass is 342 g/mol. The molecular weight excluding hydrogens is 320 g/mol. The maximum Gasteiger partial charge on any atom is 0.261 e. The average Bonchev–Trinajstić information content (AvgIpc) is 3.22. The maximum absolute atomic E-state index is 12.6. The number of carbonyl (C=O) groups is 1. The van der Waals surface area contributed by atoms with E-state index in [1.54, 1.807) is 7.11 Å². The molecular formula is C19H22N2O2S. The molecule has 4 rings (SSSR count). The summed E-state index contributed by atoms with van der Waals surface area (Å²) in [7, 11) is 1.67. The van der Waals surface area contributed by atoms with E-state index in [1.165, 1.54) is 30.8 Å². The Balaban J connectivity index is 1.45. The van der Waals surface area contributed by atoms with Gasteiger partial charge >= 0.3 is 0 Å². The van der Waals surface area contributed by atoms with Crippen LogP contribution in [0, 0.1) is 5.92 Å². The first-order valence-corrected chi connectivity index (χ1v) is 9.30. The summed E-state index contributed by atoms with van der Waals surface area (Å²) in [6.07, 6.45) is 2.40. The van der Waals surface area contributed by atoms with E-state index in [2.05, 4.69) is 10.2 Å². The summed E-state index contributed by atoms with van der Waals surface area (Å²) in [6.45, 7) is 3.40. The number of rotatable bonds is 4. The highest BCUT2D eigenvalue weighted by molar-refractivity contribution is 7.17. The van der Waals surface area contributed by atoms with Crippen molar-refractivity contribution in [3.05, 3.63) is 41.3 Å². The van der Waals surface area contributed by atoms with Crippen LogP contribution in [-0.2, 0) is 0 Å². The average molecular weight is 342 g/mol. The number of hydrogen-bond acceptors (Lipinski definition) is 4. The largest absolute Gasteiger partial charge is 0.497 e. The number of piperidine rings is 1. The van der Waals surface area contributed by atoms with Gasteiger partial charge in [0, 0.05) is 24.0 Å². The van der Waals surface area contributed by atoms with E-state index in [0.29, 0.717) is 6.04 Å². The number of thiophene rings is 1. The van der Waals surface area contributed by atoms with Gasteiger partial charge in [-0.1, -0.05) is 12.1 Å². The van der Waals surface area contributed by atoms with Crippen LogP contribution in [-0.4, -0.2) is 43.6 Å². The Hall–Kier alpha value is -1.85. The lowest BCUT2D eigenvalue weighted by molar-refractivity contribution is 0.0913. The third kappa shape index (κ3) is 3.19. The molecule has 0 saturated carbocycles. The van der Waals surface area contributed by atoms with Crippen molar-refractivity contribution in [2.24, 2.45) is 5.92 Å². The molecule has 126 valence electrons. The minimum Gasteiger partial charge on any atom is -0.497 e. The molecule has 0 aliphatic carbocycles. The fourth-order valence-corrected chi connectivity index (χ4v) is 4.72. The van der Waals surface area contributed by atoms with Gasteiger partial charge < -0.3 is 15.0 Å². The van der Waals surface area contributed by atoms with Gasteiger partial charge in [-0.3, -0.25) is 4.79 Å². The van der Waals surface area contributed by atoms with Crippen LogP contribution in [0.2, 0.25) is 0 Å². The fraction of sp³-hybridized carbons (Fsp3) is 0.421. The summed E-state index contributed by atoms with van der Waals surface area (Å²) >= 11 is 1.54. The smallest absolute Gasteiger partial charge is 0.261 e. The molecule has 3 heterocycles. The standard InChI is InChI=1S/C19H22N2O2S/c1-23-16-4-2-3-14(10-16)17-5-6-18(24-17)19(22)20-15-9-13-7-8-21(11-13)12-15/h2-6,10,13,15H,7-9,11-12H2,1H3,(H,20,22)/t13-,15+/m0/s1. The van der Waals surface area contributed by atoms with Crippen molar-refractivity contribution in [1.29, 1.82) is 0 Å². The van der Waals surface area contributed by atoms with Crippen molar-refractivity contribution in [3.63, 3.8) is 0 Å². The summed E-state index contributed by atoms with van der Waals surface area (Å²) in [5.74, 6) is 1.65. The fourth-order valence-electron chi connectivity index (χ4n) is 3.81. The number of carbonyl (C=O) groups excluding carboxylic acids is 1. The molecule has 4 nitrogen and oxygen atoms in total. The molecule has 1 aromatic carbocycles. The first-order valence-electron chi connectivity index (χ1n) is 8.49. The Labute approximate surface area is 146 Å².